The van der Waals surface area contributed by atoms with Gasteiger partial charge >= 0.3 is 6.03 Å². The fourth-order valence-electron chi connectivity index (χ4n) is 2.00. The molecule has 18 heavy (non-hydrogen) atoms. The summed E-state index contributed by atoms with van der Waals surface area (Å²) in [7, 11) is 0. The molecule has 0 radical (unpaired) electrons. The monoisotopic (exact) mass is 247 g/mol. The first-order valence-electron chi connectivity index (χ1n) is 5.97. The number of imide groups is 1. The van der Waals surface area contributed by atoms with Gasteiger partial charge in [-0.15, -0.1) is 0 Å². The summed E-state index contributed by atoms with van der Waals surface area (Å²) >= 11 is 0. The van der Waals surface area contributed by atoms with Gasteiger partial charge in [0.2, 0.25) is 0 Å². The molecule has 0 aromatic heterocycles. The number of anilines is 1. The summed E-state index contributed by atoms with van der Waals surface area (Å²) in [6.45, 7) is 4.32. The van der Waals surface area contributed by atoms with E-state index in [1.54, 1.807) is 23.1 Å². The normalized spacial score (nSPS) is 16.0. The van der Waals surface area contributed by atoms with Crippen LogP contribution in [0.25, 0.3) is 0 Å². The second kappa shape index (κ2) is 4.78. The molecule has 0 atom stereocenters. The summed E-state index contributed by atoms with van der Waals surface area (Å²) in [4.78, 5) is 26.9. The Morgan fingerprint density at radius 3 is 2.61 bits per heavy atom. The molecule has 1 saturated heterocycles. The van der Waals surface area contributed by atoms with Crippen LogP contribution in [0.5, 0.6) is 0 Å². The molecule has 1 aliphatic heterocycles. The first-order chi connectivity index (χ1) is 8.54. The van der Waals surface area contributed by atoms with E-state index in [4.69, 9.17) is 5.73 Å². The number of hydrogen-bond donors (Lipinski definition) is 1. The number of carbonyl (C=O) groups is 2. The standard InChI is InChI=1S/C13H17N3O2/c1-9(2)15-8-12(17)16(13(15)18)11-5-3-4-10(6-11)7-14/h3-6,9H,7-8,14H2,1-2H3. The predicted octanol–water partition coefficient (Wildman–Crippen LogP) is 1.32. The molecule has 0 saturated carbocycles. The second-order valence-electron chi connectivity index (χ2n) is 4.61. The Balaban J connectivity index is 2.33. The van der Waals surface area contributed by atoms with Crippen molar-refractivity contribution in [2.45, 2.75) is 26.4 Å². The molecule has 2 N–H and O–H groups in total. The van der Waals surface area contributed by atoms with Gasteiger partial charge in [0.25, 0.3) is 5.91 Å². The topological polar surface area (TPSA) is 66.6 Å². The van der Waals surface area contributed by atoms with E-state index in [1.165, 1.54) is 4.90 Å². The summed E-state index contributed by atoms with van der Waals surface area (Å²) < 4.78 is 0. The van der Waals surface area contributed by atoms with Gasteiger partial charge in [0, 0.05) is 12.6 Å². The van der Waals surface area contributed by atoms with Crippen molar-refractivity contribution in [3.05, 3.63) is 29.8 Å². The molecule has 1 aromatic carbocycles. The lowest BCUT2D eigenvalue weighted by Crippen LogP contribution is -2.36. The number of nitrogens with zero attached hydrogens (tertiary/aromatic N) is 2. The highest BCUT2D eigenvalue weighted by molar-refractivity contribution is 6.19. The van der Waals surface area contributed by atoms with Crippen LogP contribution in [0.2, 0.25) is 0 Å². The van der Waals surface area contributed by atoms with Gasteiger partial charge in [-0.3, -0.25) is 4.79 Å². The van der Waals surface area contributed by atoms with E-state index in [0.717, 1.165) is 5.56 Å². The lowest BCUT2D eigenvalue weighted by Gasteiger charge is -2.20. The maximum atomic E-state index is 12.2. The van der Waals surface area contributed by atoms with Gasteiger partial charge in [-0.2, -0.15) is 0 Å². The molecular weight excluding hydrogens is 230 g/mol. The highest BCUT2D eigenvalue weighted by Crippen LogP contribution is 2.23. The second-order valence-corrected chi connectivity index (χ2v) is 4.61. The first kappa shape index (κ1) is 12.6. The van der Waals surface area contributed by atoms with Crippen molar-refractivity contribution in [1.82, 2.24) is 4.90 Å². The van der Waals surface area contributed by atoms with Gasteiger partial charge in [-0.1, -0.05) is 12.1 Å². The molecule has 5 nitrogen and oxygen atoms in total. The van der Waals surface area contributed by atoms with Crippen molar-refractivity contribution in [2.24, 2.45) is 5.73 Å². The van der Waals surface area contributed by atoms with Crippen LogP contribution >= 0.6 is 0 Å². The first-order valence-corrected chi connectivity index (χ1v) is 5.97. The molecule has 0 unspecified atom stereocenters. The smallest absolute Gasteiger partial charge is 0.326 e. The average molecular weight is 247 g/mol. The number of rotatable bonds is 3. The number of hydrogen-bond acceptors (Lipinski definition) is 3. The largest absolute Gasteiger partial charge is 0.332 e. The van der Waals surface area contributed by atoms with Gasteiger partial charge in [-0.25, -0.2) is 9.69 Å². The molecule has 2 rings (SSSR count). The highest BCUT2D eigenvalue weighted by atomic mass is 16.2. The van der Waals surface area contributed by atoms with E-state index in [9.17, 15) is 9.59 Å². The van der Waals surface area contributed by atoms with Crippen molar-refractivity contribution < 1.29 is 9.59 Å². The lowest BCUT2D eigenvalue weighted by molar-refractivity contribution is -0.116. The number of nitrogens with two attached hydrogens (primary N) is 1. The Bertz CT molecular complexity index is 485. The summed E-state index contributed by atoms with van der Waals surface area (Å²) in [6.07, 6.45) is 0. The maximum absolute atomic E-state index is 12.2. The Kier molecular flexibility index (Phi) is 3.34. The Hall–Kier alpha value is -1.88. The molecule has 1 heterocycles. The molecule has 1 aliphatic rings. The fourth-order valence-corrected chi connectivity index (χ4v) is 2.00. The van der Waals surface area contributed by atoms with Gasteiger partial charge in [-0.05, 0) is 31.5 Å². The molecule has 3 amide bonds. The zero-order valence-electron chi connectivity index (χ0n) is 10.6. The lowest BCUT2D eigenvalue weighted by atomic mass is 10.2. The van der Waals surface area contributed by atoms with Crippen LogP contribution in [-0.2, 0) is 11.3 Å². The summed E-state index contributed by atoms with van der Waals surface area (Å²) in [6, 6.07) is 6.96. The summed E-state index contributed by atoms with van der Waals surface area (Å²) in [5.41, 5.74) is 7.06. The van der Waals surface area contributed by atoms with Crippen molar-refractivity contribution in [2.75, 3.05) is 11.4 Å². The van der Waals surface area contributed by atoms with Gasteiger partial charge in [0.1, 0.15) is 6.54 Å². The Morgan fingerprint density at radius 1 is 1.33 bits per heavy atom. The van der Waals surface area contributed by atoms with Crippen LogP contribution in [0.1, 0.15) is 19.4 Å². The van der Waals surface area contributed by atoms with Crippen molar-refractivity contribution in [1.29, 1.82) is 0 Å². The van der Waals surface area contributed by atoms with Crippen molar-refractivity contribution in [3.8, 4) is 0 Å². The summed E-state index contributed by atoms with van der Waals surface area (Å²) in [5, 5.41) is 0. The minimum absolute atomic E-state index is 0.0177. The van der Waals surface area contributed by atoms with Crippen LogP contribution in [0, 0.1) is 0 Å². The zero-order valence-corrected chi connectivity index (χ0v) is 10.6. The van der Waals surface area contributed by atoms with Gasteiger partial charge in [0.15, 0.2) is 0 Å². The van der Waals surface area contributed by atoms with Crippen LogP contribution < -0.4 is 10.6 Å². The SMILES string of the molecule is CC(C)N1CC(=O)N(c2cccc(CN)c2)C1=O. The van der Waals surface area contributed by atoms with Crippen LogP contribution in [0.15, 0.2) is 24.3 Å². The molecule has 5 heteroatoms. The molecule has 0 aliphatic carbocycles. The fraction of sp³-hybridized carbons (Fsp3) is 0.385. The molecule has 1 fully saturated rings. The third-order valence-corrected chi connectivity index (χ3v) is 3.02. The van der Waals surface area contributed by atoms with E-state index in [-0.39, 0.29) is 24.5 Å². The molecule has 0 spiro atoms. The maximum Gasteiger partial charge on any atom is 0.332 e. The van der Waals surface area contributed by atoms with Crippen molar-refractivity contribution in [3.63, 3.8) is 0 Å². The Morgan fingerprint density at radius 2 is 2.06 bits per heavy atom. The minimum atomic E-state index is -0.260. The molecular formula is C13H17N3O2. The third-order valence-electron chi connectivity index (χ3n) is 3.02. The number of urea groups is 1. The number of benzene rings is 1. The van der Waals surface area contributed by atoms with E-state index in [1.807, 2.05) is 19.9 Å². The number of amides is 3. The predicted molar refractivity (Wildman–Crippen MR) is 69.1 cm³/mol. The van der Waals surface area contributed by atoms with Crippen molar-refractivity contribution >= 4 is 17.6 Å². The molecule has 0 bridgehead atoms. The van der Waals surface area contributed by atoms with E-state index in [2.05, 4.69) is 0 Å². The van der Waals surface area contributed by atoms with Gasteiger partial charge in [0.05, 0.1) is 5.69 Å². The summed E-state index contributed by atoms with van der Waals surface area (Å²) in [5.74, 6) is -0.192. The number of carbonyl (C=O) groups excluding carboxylic acids is 2. The van der Waals surface area contributed by atoms with E-state index < -0.39 is 0 Å². The van der Waals surface area contributed by atoms with Gasteiger partial charge < -0.3 is 10.6 Å². The van der Waals surface area contributed by atoms with E-state index in [0.29, 0.717) is 12.2 Å². The van der Waals surface area contributed by atoms with Crippen LogP contribution in [0.3, 0.4) is 0 Å². The minimum Gasteiger partial charge on any atom is -0.326 e. The van der Waals surface area contributed by atoms with Crippen LogP contribution in [0.4, 0.5) is 10.5 Å². The van der Waals surface area contributed by atoms with Crippen LogP contribution in [-0.4, -0.2) is 29.4 Å². The molecule has 1 aromatic rings. The average Bonchev–Trinajstić information content (AvgIpc) is 2.65. The zero-order chi connectivity index (χ0) is 13.3. The Labute approximate surface area is 106 Å². The molecule has 96 valence electrons. The quantitative estimate of drug-likeness (QED) is 0.819. The third kappa shape index (κ3) is 2.09. The van der Waals surface area contributed by atoms with E-state index >= 15 is 0 Å². The highest BCUT2D eigenvalue weighted by Gasteiger charge is 2.38.